The molecule has 1 aromatic rings. The van der Waals surface area contributed by atoms with Crippen LogP contribution in [0.3, 0.4) is 0 Å². The van der Waals surface area contributed by atoms with Crippen LogP contribution in [0.5, 0.6) is 0 Å². The molecule has 0 aromatic heterocycles. The number of hydrogen-bond donors (Lipinski definition) is 3. The van der Waals surface area contributed by atoms with Crippen LogP contribution in [0.1, 0.15) is 29.5 Å². The van der Waals surface area contributed by atoms with Gasteiger partial charge in [-0.25, -0.2) is 0 Å². The molecule has 3 N–H and O–H groups in total. The van der Waals surface area contributed by atoms with E-state index in [0.29, 0.717) is 12.6 Å². The predicted octanol–water partition coefficient (Wildman–Crippen LogP) is 1.37. The van der Waals surface area contributed by atoms with Crippen LogP contribution in [0.15, 0.2) is 18.2 Å². The normalized spacial score (nSPS) is 18.7. The fourth-order valence-electron chi connectivity index (χ4n) is 2.58. The van der Waals surface area contributed by atoms with Crippen molar-refractivity contribution in [1.29, 1.82) is 0 Å². The van der Waals surface area contributed by atoms with Crippen molar-refractivity contribution >= 4 is 0 Å². The zero-order chi connectivity index (χ0) is 12.8. The van der Waals surface area contributed by atoms with Crippen LogP contribution in [0.2, 0.25) is 0 Å². The van der Waals surface area contributed by atoms with Gasteiger partial charge in [-0.15, -0.1) is 0 Å². The Labute approximate surface area is 110 Å². The first-order chi connectivity index (χ1) is 8.81. The number of aliphatic hydroxyl groups is 1. The fourth-order valence-corrected chi connectivity index (χ4v) is 2.58. The largest absolute Gasteiger partial charge is 0.396 e. The zero-order valence-electron chi connectivity index (χ0n) is 11.2. The molecule has 0 aliphatic carbocycles. The van der Waals surface area contributed by atoms with E-state index >= 15 is 0 Å². The first-order valence-corrected chi connectivity index (χ1v) is 6.93. The lowest BCUT2D eigenvalue weighted by molar-refractivity contribution is 0.283. The van der Waals surface area contributed by atoms with Crippen molar-refractivity contribution < 1.29 is 5.11 Å². The van der Waals surface area contributed by atoms with Gasteiger partial charge in [-0.1, -0.05) is 18.2 Å². The molecule has 1 aromatic carbocycles. The molecule has 0 saturated carbocycles. The number of benzene rings is 1. The lowest BCUT2D eigenvalue weighted by atomic mass is 9.92. The quantitative estimate of drug-likeness (QED) is 0.666. The SMILES string of the molecule is Cc1cccc2c1C[C@H](CNCCCCO)NC2. The standard InChI is InChI=1S/C15H24N2O/c1-12-5-4-6-13-10-17-14(9-15(12)13)11-16-7-2-3-8-18/h4-6,14,16-18H,2-3,7-11H2,1H3/t14-/m1/s1. The third kappa shape index (κ3) is 3.55. The number of rotatable bonds is 6. The van der Waals surface area contributed by atoms with Crippen LogP contribution in [-0.4, -0.2) is 30.8 Å². The van der Waals surface area contributed by atoms with E-state index < -0.39 is 0 Å². The maximum atomic E-state index is 8.71. The molecule has 1 atom stereocenters. The molecule has 1 heterocycles. The topological polar surface area (TPSA) is 44.3 Å². The molecule has 100 valence electrons. The highest BCUT2D eigenvalue weighted by Gasteiger charge is 2.18. The maximum absolute atomic E-state index is 8.71. The Hall–Kier alpha value is -0.900. The number of aryl methyl sites for hydroxylation is 1. The molecule has 0 bridgehead atoms. The fraction of sp³-hybridized carbons (Fsp3) is 0.600. The number of hydrogen-bond acceptors (Lipinski definition) is 3. The highest BCUT2D eigenvalue weighted by atomic mass is 16.2. The van der Waals surface area contributed by atoms with Gasteiger partial charge >= 0.3 is 0 Å². The summed E-state index contributed by atoms with van der Waals surface area (Å²) in [7, 11) is 0. The van der Waals surface area contributed by atoms with E-state index in [-0.39, 0.29) is 0 Å². The maximum Gasteiger partial charge on any atom is 0.0431 e. The van der Waals surface area contributed by atoms with Crippen LogP contribution in [0.4, 0.5) is 0 Å². The van der Waals surface area contributed by atoms with E-state index in [1.165, 1.54) is 16.7 Å². The minimum absolute atomic E-state index is 0.302. The van der Waals surface area contributed by atoms with Gasteiger partial charge in [-0.05, 0) is 49.4 Å². The van der Waals surface area contributed by atoms with Crippen molar-refractivity contribution in [3.05, 3.63) is 34.9 Å². The van der Waals surface area contributed by atoms with E-state index in [9.17, 15) is 0 Å². The lowest BCUT2D eigenvalue weighted by Gasteiger charge is -2.27. The van der Waals surface area contributed by atoms with Crippen LogP contribution in [-0.2, 0) is 13.0 Å². The van der Waals surface area contributed by atoms with E-state index in [0.717, 1.165) is 38.9 Å². The van der Waals surface area contributed by atoms with Crippen LogP contribution < -0.4 is 10.6 Å². The molecule has 2 rings (SSSR count). The Kier molecular flexibility index (Phi) is 5.17. The van der Waals surface area contributed by atoms with Crippen molar-refractivity contribution in [2.24, 2.45) is 0 Å². The molecule has 0 fully saturated rings. The molecule has 1 aliphatic heterocycles. The number of fused-ring (bicyclic) bond motifs is 1. The second-order valence-corrected chi connectivity index (χ2v) is 5.13. The summed E-state index contributed by atoms with van der Waals surface area (Å²) in [4.78, 5) is 0. The molecule has 0 radical (unpaired) electrons. The Balaban J connectivity index is 1.79. The average Bonchev–Trinajstić information content (AvgIpc) is 2.39. The molecule has 0 spiro atoms. The Bertz CT molecular complexity index is 379. The molecular weight excluding hydrogens is 224 g/mol. The Morgan fingerprint density at radius 2 is 2.28 bits per heavy atom. The molecule has 18 heavy (non-hydrogen) atoms. The second kappa shape index (κ2) is 6.88. The molecular formula is C15H24N2O. The summed E-state index contributed by atoms with van der Waals surface area (Å²) >= 11 is 0. The minimum atomic E-state index is 0.302. The molecule has 0 unspecified atom stereocenters. The minimum Gasteiger partial charge on any atom is -0.396 e. The van der Waals surface area contributed by atoms with Crippen molar-refractivity contribution in [1.82, 2.24) is 10.6 Å². The predicted molar refractivity (Wildman–Crippen MR) is 74.7 cm³/mol. The summed E-state index contributed by atoms with van der Waals surface area (Å²) < 4.78 is 0. The Morgan fingerprint density at radius 3 is 3.11 bits per heavy atom. The summed E-state index contributed by atoms with van der Waals surface area (Å²) in [5, 5.41) is 15.8. The smallest absolute Gasteiger partial charge is 0.0431 e. The van der Waals surface area contributed by atoms with Crippen LogP contribution in [0.25, 0.3) is 0 Å². The monoisotopic (exact) mass is 248 g/mol. The highest BCUT2D eigenvalue weighted by molar-refractivity contribution is 5.36. The van der Waals surface area contributed by atoms with Crippen LogP contribution >= 0.6 is 0 Å². The number of aliphatic hydroxyl groups excluding tert-OH is 1. The molecule has 3 heteroatoms. The van der Waals surface area contributed by atoms with Crippen molar-refractivity contribution in [3.63, 3.8) is 0 Å². The van der Waals surface area contributed by atoms with E-state index in [4.69, 9.17) is 5.11 Å². The lowest BCUT2D eigenvalue weighted by Crippen LogP contribution is -2.43. The van der Waals surface area contributed by atoms with Gasteiger partial charge in [-0.3, -0.25) is 0 Å². The van der Waals surface area contributed by atoms with E-state index in [2.05, 4.69) is 35.8 Å². The van der Waals surface area contributed by atoms with Gasteiger partial charge in [0.05, 0.1) is 0 Å². The summed E-state index contributed by atoms with van der Waals surface area (Å²) in [5.41, 5.74) is 4.39. The average molecular weight is 248 g/mol. The van der Waals surface area contributed by atoms with Gasteiger partial charge in [0.1, 0.15) is 0 Å². The van der Waals surface area contributed by atoms with Crippen LogP contribution in [0, 0.1) is 6.92 Å². The van der Waals surface area contributed by atoms with Crippen molar-refractivity contribution in [2.75, 3.05) is 19.7 Å². The summed E-state index contributed by atoms with van der Waals surface area (Å²) in [6.07, 6.45) is 3.07. The third-order valence-electron chi connectivity index (χ3n) is 3.69. The van der Waals surface area contributed by atoms with Gasteiger partial charge in [0.25, 0.3) is 0 Å². The van der Waals surface area contributed by atoms with Gasteiger partial charge in [0.2, 0.25) is 0 Å². The van der Waals surface area contributed by atoms with Crippen molar-refractivity contribution in [2.45, 2.75) is 38.8 Å². The second-order valence-electron chi connectivity index (χ2n) is 5.13. The first kappa shape index (κ1) is 13.5. The van der Waals surface area contributed by atoms with Gasteiger partial charge in [-0.2, -0.15) is 0 Å². The Morgan fingerprint density at radius 1 is 1.39 bits per heavy atom. The molecule has 3 nitrogen and oxygen atoms in total. The highest BCUT2D eigenvalue weighted by Crippen LogP contribution is 2.20. The third-order valence-corrected chi connectivity index (χ3v) is 3.69. The molecule has 0 saturated heterocycles. The van der Waals surface area contributed by atoms with E-state index in [1.54, 1.807) is 0 Å². The summed E-state index contributed by atoms with van der Waals surface area (Å²) in [5.74, 6) is 0. The zero-order valence-corrected chi connectivity index (χ0v) is 11.2. The molecule has 0 amide bonds. The summed E-state index contributed by atoms with van der Waals surface area (Å²) in [6, 6.07) is 7.10. The van der Waals surface area contributed by atoms with Gasteiger partial charge in [0, 0.05) is 25.7 Å². The first-order valence-electron chi connectivity index (χ1n) is 6.93. The van der Waals surface area contributed by atoms with E-state index in [1.807, 2.05) is 0 Å². The van der Waals surface area contributed by atoms with Gasteiger partial charge in [0.15, 0.2) is 0 Å². The number of unbranched alkanes of at least 4 members (excludes halogenated alkanes) is 1. The van der Waals surface area contributed by atoms with Gasteiger partial charge < -0.3 is 15.7 Å². The molecule has 1 aliphatic rings. The van der Waals surface area contributed by atoms with Crippen molar-refractivity contribution in [3.8, 4) is 0 Å². The summed E-state index contributed by atoms with van der Waals surface area (Å²) in [6.45, 7) is 5.50. The number of nitrogens with one attached hydrogen (secondary N) is 2.